The number of nitrogens with one attached hydrogen (secondary N) is 2. The summed E-state index contributed by atoms with van der Waals surface area (Å²) in [5, 5.41) is 5.81. The molecule has 0 bridgehead atoms. The van der Waals surface area contributed by atoms with Crippen LogP contribution in [0.2, 0.25) is 0 Å². The summed E-state index contributed by atoms with van der Waals surface area (Å²) in [6.07, 6.45) is 2.81. The first kappa shape index (κ1) is 17.4. The fourth-order valence-corrected chi connectivity index (χ4v) is 3.86. The molecule has 0 aromatic carbocycles. The van der Waals surface area contributed by atoms with Crippen molar-refractivity contribution in [3.63, 3.8) is 0 Å². The van der Waals surface area contributed by atoms with Gasteiger partial charge in [-0.3, -0.25) is 4.79 Å². The van der Waals surface area contributed by atoms with E-state index in [1.54, 1.807) is 21.0 Å². The average molecular weight is 305 g/mol. The van der Waals surface area contributed by atoms with Crippen LogP contribution in [0.4, 0.5) is 0 Å². The highest BCUT2D eigenvalue weighted by Crippen LogP contribution is 2.18. The minimum atomic E-state index is -3.26. The van der Waals surface area contributed by atoms with Crippen molar-refractivity contribution >= 4 is 15.9 Å². The second kappa shape index (κ2) is 7.95. The van der Waals surface area contributed by atoms with Gasteiger partial charge in [0.05, 0.1) is 5.75 Å². The minimum absolute atomic E-state index is 0.134. The molecule has 2 N–H and O–H groups in total. The molecule has 0 spiro atoms. The van der Waals surface area contributed by atoms with Crippen LogP contribution in [0.3, 0.4) is 0 Å². The molecule has 20 heavy (non-hydrogen) atoms. The zero-order valence-electron chi connectivity index (χ0n) is 12.7. The molecule has 1 saturated heterocycles. The summed E-state index contributed by atoms with van der Waals surface area (Å²) < 4.78 is 25.7. The number of carbonyl (C=O) groups is 1. The Bertz CT molecular complexity index is 405. The monoisotopic (exact) mass is 305 g/mol. The molecule has 1 fully saturated rings. The molecule has 1 atom stereocenters. The molecular weight excluding hydrogens is 278 g/mol. The Kier molecular flexibility index (Phi) is 6.91. The third-order valence-corrected chi connectivity index (χ3v) is 5.79. The number of amides is 1. The van der Waals surface area contributed by atoms with Crippen LogP contribution < -0.4 is 10.6 Å². The molecule has 0 saturated carbocycles. The molecular formula is C13H27N3O3S. The summed E-state index contributed by atoms with van der Waals surface area (Å²) in [4.78, 5) is 11.4. The quantitative estimate of drug-likeness (QED) is 0.695. The van der Waals surface area contributed by atoms with Crippen molar-refractivity contribution in [2.45, 2.75) is 26.2 Å². The summed E-state index contributed by atoms with van der Waals surface area (Å²) in [5.41, 5.74) is 0. The number of rotatable bonds is 7. The van der Waals surface area contributed by atoms with Crippen molar-refractivity contribution in [3.8, 4) is 0 Å². The Morgan fingerprint density at radius 2 is 2.00 bits per heavy atom. The van der Waals surface area contributed by atoms with Crippen molar-refractivity contribution in [2.24, 2.45) is 11.8 Å². The lowest BCUT2D eigenvalue weighted by Gasteiger charge is -2.24. The number of carbonyl (C=O) groups excluding carboxylic acids is 1. The van der Waals surface area contributed by atoms with Gasteiger partial charge in [0.2, 0.25) is 15.9 Å². The molecule has 1 aliphatic rings. The predicted molar refractivity (Wildman–Crippen MR) is 79.9 cm³/mol. The molecule has 6 nitrogen and oxygen atoms in total. The van der Waals surface area contributed by atoms with Gasteiger partial charge in [0, 0.05) is 26.6 Å². The van der Waals surface area contributed by atoms with Crippen LogP contribution in [0, 0.1) is 11.8 Å². The maximum absolute atomic E-state index is 12.2. The Balaban J connectivity index is 2.43. The average Bonchev–Trinajstić information content (AvgIpc) is 2.45. The van der Waals surface area contributed by atoms with Gasteiger partial charge in [-0.05, 0) is 38.3 Å². The van der Waals surface area contributed by atoms with E-state index in [1.165, 1.54) is 4.31 Å². The first-order valence-corrected chi connectivity index (χ1v) is 8.84. The van der Waals surface area contributed by atoms with Gasteiger partial charge in [0.1, 0.15) is 0 Å². The zero-order valence-corrected chi connectivity index (χ0v) is 13.5. The third kappa shape index (κ3) is 5.38. The standard InChI is InChI=1S/C13H27N3O3S/c1-11(13(17)14-2)10-16(3)20(18,19)9-6-12-4-7-15-8-5-12/h11-12,15H,4-10H2,1-3H3,(H,14,17). The normalized spacial score (nSPS) is 19.0. The Hall–Kier alpha value is -0.660. The van der Waals surface area contributed by atoms with E-state index in [0.717, 1.165) is 25.9 Å². The minimum Gasteiger partial charge on any atom is -0.359 e. The van der Waals surface area contributed by atoms with Crippen LogP contribution in [0.5, 0.6) is 0 Å². The lowest BCUT2D eigenvalue weighted by atomic mass is 9.96. The summed E-state index contributed by atoms with van der Waals surface area (Å²) in [5.74, 6) is 0.203. The van der Waals surface area contributed by atoms with E-state index in [4.69, 9.17) is 0 Å². The van der Waals surface area contributed by atoms with Crippen LogP contribution in [0.25, 0.3) is 0 Å². The Morgan fingerprint density at radius 3 is 2.55 bits per heavy atom. The van der Waals surface area contributed by atoms with E-state index >= 15 is 0 Å². The summed E-state index contributed by atoms with van der Waals surface area (Å²) in [7, 11) is -0.151. The van der Waals surface area contributed by atoms with Gasteiger partial charge in [0.15, 0.2) is 0 Å². The molecule has 1 heterocycles. The summed E-state index contributed by atoms with van der Waals surface area (Å²) in [6.45, 7) is 3.93. The molecule has 0 aromatic rings. The second-order valence-electron chi connectivity index (χ2n) is 5.59. The predicted octanol–water partition coefficient (Wildman–Crippen LogP) is 0.0198. The van der Waals surface area contributed by atoms with Gasteiger partial charge in [-0.25, -0.2) is 12.7 Å². The van der Waals surface area contributed by atoms with Gasteiger partial charge in [-0.15, -0.1) is 0 Å². The highest BCUT2D eigenvalue weighted by molar-refractivity contribution is 7.89. The highest BCUT2D eigenvalue weighted by Gasteiger charge is 2.24. The highest BCUT2D eigenvalue weighted by atomic mass is 32.2. The van der Waals surface area contributed by atoms with E-state index in [1.807, 2.05) is 0 Å². The fourth-order valence-electron chi connectivity index (χ4n) is 2.47. The number of sulfonamides is 1. The maximum Gasteiger partial charge on any atom is 0.223 e. The van der Waals surface area contributed by atoms with E-state index in [-0.39, 0.29) is 24.1 Å². The molecule has 1 rings (SSSR count). The van der Waals surface area contributed by atoms with Crippen molar-refractivity contribution in [1.82, 2.24) is 14.9 Å². The van der Waals surface area contributed by atoms with Gasteiger partial charge in [0.25, 0.3) is 0 Å². The Morgan fingerprint density at radius 1 is 1.40 bits per heavy atom. The maximum atomic E-state index is 12.2. The molecule has 118 valence electrons. The third-order valence-electron chi connectivity index (χ3n) is 3.94. The van der Waals surface area contributed by atoms with Gasteiger partial charge >= 0.3 is 0 Å². The van der Waals surface area contributed by atoms with Crippen molar-refractivity contribution < 1.29 is 13.2 Å². The van der Waals surface area contributed by atoms with Crippen molar-refractivity contribution in [2.75, 3.05) is 39.5 Å². The van der Waals surface area contributed by atoms with Crippen molar-refractivity contribution in [3.05, 3.63) is 0 Å². The first-order valence-electron chi connectivity index (χ1n) is 7.23. The fraction of sp³-hybridized carbons (Fsp3) is 0.923. The van der Waals surface area contributed by atoms with E-state index in [2.05, 4.69) is 10.6 Å². The molecule has 1 aliphatic heterocycles. The van der Waals surface area contributed by atoms with E-state index in [0.29, 0.717) is 12.3 Å². The Labute approximate surface area is 122 Å². The van der Waals surface area contributed by atoms with Crippen LogP contribution >= 0.6 is 0 Å². The molecule has 7 heteroatoms. The zero-order chi connectivity index (χ0) is 15.2. The van der Waals surface area contributed by atoms with Crippen molar-refractivity contribution in [1.29, 1.82) is 0 Å². The lowest BCUT2D eigenvalue weighted by molar-refractivity contribution is -0.124. The van der Waals surface area contributed by atoms with Crippen LogP contribution in [-0.4, -0.2) is 58.1 Å². The second-order valence-corrected chi connectivity index (χ2v) is 7.79. The molecule has 0 aromatic heterocycles. The van der Waals surface area contributed by atoms with Crippen LogP contribution in [-0.2, 0) is 14.8 Å². The van der Waals surface area contributed by atoms with Gasteiger partial charge in [-0.1, -0.05) is 6.92 Å². The van der Waals surface area contributed by atoms with Gasteiger partial charge < -0.3 is 10.6 Å². The van der Waals surface area contributed by atoms with Crippen LogP contribution in [0.15, 0.2) is 0 Å². The topological polar surface area (TPSA) is 78.5 Å². The first-order chi connectivity index (χ1) is 9.36. The molecule has 1 amide bonds. The van der Waals surface area contributed by atoms with Crippen LogP contribution in [0.1, 0.15) is 26.2 Å². The molecule has 0 aliphatic carbocycles. The number of nitrogens with zero attached hydrogens (tertiary/aromatic N) is 1. The molecule has 1 unspecified atom stereocenters. The SMILES string of the molecule is CNC(=O)C(C)CN(C)S(=O)(=O)CCC1CCNCC1. The number of piperidine rings is 1. The smallest absolute Gasteiger partial charge is 0.223 e. The summed E-state index contributed by atoms with van der Waals surface area (Å²) in [6, 6.07) is 0. The number of hydrogen-bond donors (Lipinski definition) is 2. The number of hydrogen-bond acceptors (Lipinski definition) is 4. The summed E-state index contributed by atoms with van der Waals surface area (Å²) >= 11 is 0. The lowest BCUT2D eigenvalue weighted by Crippen LogP contribution is -2.39. The van der Waals surface area contributed by atoms with Gasteiger partial charge in [-0.2, -0.15) is 0 Å². The van der Waals surface area contributed by atoms with E-state index in [9.17, 15) is 13.2 Å². The largest absolute Gasteiger partial charge is 0.359 e. The molecule has 0 radical (unpaired) electrons. The van der Waals surface area contributed by atoms with E-state index < -0.39 is 10.0 Å².